The van der Waals surface area contributed by atoms with Gasteiger partial charge in [0.1, 0.15) is 5.82 Å². The molecule has 4 heteroatoms. The molecule has 0 bridgehead atoms. The maximum absolute atomic E-state index is 5.85. The van der Waals surface area contributed by atoms with Crippen molar-refractivity contribution in [3.05, 3.63) is 42.4 Å². The van der Waals surface area contributed by atoms with Gasteiger partial charge in [-0.3, -0.25) is 4.68 Å². The van der Waals surface area contributed by atoms with E-state index in [2.05, 4.69) is 28.3 Å². The smallest absolute Gasteiger partial charge is 0.126 e. The van der Waals surface area contributed by atoms with Crippen LogP contribution in [0.3, 0.4) is 0 Å². The van der Waals surface area contributed by atoms with E-state index < -0.39 is 0 Å². The molecular weight excluding hydrogens is 248 g/mol. The molecule has 2 aromatic heterocycles. The Labute approximate surface area is 119 Å². The van der Waals surface area contributed by atoms with Crippen LogP contribution in [0.2, 0.25) is 0 Å². The highest BCUT2D eigenvalue weighted by molar-refractivity contribution is 5.91. The van der Waals surface area contributed by atoms with E-state index in [1.807, 2.05) is 46.4 Å². The zero-order chi connectivity index (χ0) is 14.7. The molecule has 2 heterocycles. The molecule has 3 aromatic rings. The van der Waals surface area contributed by atoms with E-state index in [9.17, 15) is 0 Å². The predicted molar refractivity (Wildman–Crippen MR) is 84.4 cm³/mol. The minimum absolute atomic E-state index is 0.589. The number of benzene rings is 1. The lowest BCUT2D eigenvalue weighted by Crippen LogP contribution is -1.94. The summed E-state index contributed by atoms with van der Waals surface area (Å²) in [5.41, 5.74) is 9.13. The molecule has 0 saturated carbocycles. The van der Waals surface area contributed by atoms with Crippen molar-refractivity contribution in [2.24, 2.45) is 7.05 Å². The van der Waals surface area contributed by atoms with Gasteiger partial charge < -0.3 is 5.73 Å². The first-order chi connectivity index (χ1) is 9.65. The van der Waals surface area contributed by atoms with Crippen molar-refractivity contribution in [1.29, 1.82) is 0 Å². The third kappa shape index (κ3) is 2.50. The number of anilines is 1. The molecule has 0 radical (unpaired) electrons. The van der Waals surface area contributed by atoms with Gasteiger partial charge in [0.2, 0.25) is 0 Å². The van der Waals surface area contributed by atoms with Crippen molar-refractivity contribution in [3.63, 3.8) is 0 Å². The minimum Gasteiger partial charge on any atom is -0.383 e. The molecule has 0 spiro atoms. The molecular formula is C16H20N4. The fourth-order valence-electron chi connectivity index (χ4n) is 2.12. The van der Waals surface area contributed by atoms with Crippen molar-refractivity contribution >= 4 is 16.6 Å². The molecule has 0 atom stereocenters. The molecule has 0 amide bonds. The van der Waals surface area contributed by atoms with Crippen LogP contribution in [0.1, 0.15) is 19.4 Å². The Balaban J connectivity index is 0.000000704. The van der Waals surface area contributed by atoms with Crippen LogP contribution in [0, 0.1) is 6.92 Å². The van der Waals surface area contributed by atoms with Crippen LogP contribution in [-0.2, 0) is 7.05 Å². The topological polar surface area (TPSA) is 56.7 Å². The molecule has 0 aliphatic heterocycles. The number of hydrogen-bond donors (Lipinski definition) is 1. The van der Waals surface area contributed by atoms with Gasteiger partial charge in [0.15, 0.2) is 0 Å². The molecule has 0 fully saturated rings. The van der Waals surface area contributed by atoms with Crippen molar-refractivity contribution < 1.29 is 0 Å². The third-order valence-corrected chi connectivity index (χ3v) is 3.22. The predicted octanol–water partition coefficient (Wildman–Crippen LogP) is 3.55. The molecule has 4 nitrogen and oxygen atoms in total. The van der Waals surface area contributed by atoms with E-state index in [4.69, 9.17) is 5.73 Å². The zero-order valence-electron chi connectivity index (χ0n) is 12.4. The van der Waals surface area contributed by atoms with Gasteiger partial charge in [-0.15, -0.1) is 0 Å². The van der Waals surface area contributed by atoms with Gasteiger partial charge in [-0.1, -0.05) is 26.0 Å². The lowest BCUT2D eigenvalue weighted by Gasteiger charge is -2.06. The number of nitrogen functional groups attached to an aromatic ring is 1. The number of pyridine rings is 1. The second-order valence-electron chi connectivity index (χ2n) is 4.47. The average molecular weight is 268 g/mol. The summed E-state index contributed by atoms with van der Waals surface area (Å²) in [6, 6.07) is 6.29. The first-order valence-electron chi connectivity index (χ1n) is 6.79. The summed E-state index contributed by atoms with van der Waals surface area (Å²) >= 11 is 0. The Kier molecular flexibility index (Phi) is 4.03. The lowest BCUT2D eigenvalue weighted by atomic mass is 10.0. The van der Waals surface area contributed by atoms with Crippen LogP contribution in [0.5, 0.6) is 0 Å². The number of fused-ring (bicyclic) bond motifs is 1. The van der Waals surface area contributed by atoms with Crippen molar-refractivity contribution in [3.8, 4) is 11.1 Å². The van der Waals surface area contributed by atoms with Gasteiger partial charge in [-0.2, -0.15) is 5.10 Å². The van der Waals surface area contributed by atoms with Gasteiger partial charge in [-0.05, 0) is 29.5 Å². The maximum atomic E-state index is 5.85. The highest BCUT2D eigenvalue weighted by Crippen LogP contribution is 2.27. The summed E-state index contributed by atoms with van der Waals surface area (Å²) in [4.78, 5) is 4.17. The van der Waals surface area contributed by atoms with Crippen LogP contribution in [0.4, 0.5) is 5.82 Å². The average Bonchev–Trinajstić information content (AvgIpc) is 2.91. The number of nitrogens with zero attached hydrogens (tertiary/aromatic N) is 3. The van der Waals surface area contributed by atoms with Crippen LogP contribution >= 0.6 is 0 Å². The molecule has 2 N–H and O–H groups in total. The standard InChI is InChI=1S/C14H14N4.C2H6/c1-9-13-5-10(12-7-17-18(2)8-12)3-4-11(13)6-16-14(9)15;1-2/h3-8H,1-2H3,(H2,15,16);1-2H3. The van der Waals surface area contributed by atoms with Crippen LogP contribution in [0.25, 0.3) is 21.9 Å². The summed E-state index contributed by atoms with van der Waals surface area (Å²) in [6.45, 7) is 6.00. The Morgan fingerprint density at radius 2 is 1.85 bits per heavy atom. The van der Waals surface area contributed by atoms with E-state index in [0.29, 0.717) is 5.82 Å². The van der Waals surface area contributed by atoms with Crippen LogP contribution in [-0.4, -0.2) is 14.8 Å². The van der Waals surface area contributed by atoms with E-state index in [1.54, 1.807) is 4.68 Å². The van der Waals surface area contributed by atoms with Crippen molar-refractivity contribution in [2.75, 3.05) is 5.73 Å². The van der Waals surface area contributed by atoms with Gasteiger partial charge in [0.05, 0.1) is 6.20 Å². The second-order valence-corrected chi connectivity index (χ2v) is 4.47. The molecule has 3 rings (SSSR count). The fourth-order valence-corrected chi connectivity index (χ4v) is 2.12. The van der Waals surface area contributed by atoms with E-state index >= 15 is 0 Å². The summed E-state index contributed by atoms with van der Waals surface area (Å²) in [6.07, 6.45) is 5.67. The molecule has 0 aliphatic rings. The molecule has 0 unspecified atom stereocenters. The summed E-state index contributed by atoms with van der Waals surface area (Å²) in [5, 5.41) is 6.44. The SMILES string of the molecule is CC.Cc1c(N)ncc2ccc(-c3cnn(C)c3)cc12. The normalized spacial score (nSPS) is 10.2. The summed E-state index contributed by atoms with van der Waals surface area (Å²) in [7, 11) is 1.91. The Morgan fingerprint density at radius 1 is 1.10 bits per heavy atom. The number of aromatic nitrogens is 3. The van der Waals surface area contributed by atoms with E-state index in [1.165, 1.54) is 0 Å². The van der Waals surface area contributed by atoms with Gasteiger partial charge in [0.25, 0.3) is 0 Å². The Hall–Kier alpha value is -2.36. The van der Waals surface area contributed by atoms with Gasteiger partial charge >= 0.3 is 0 Å². The Morgan fingerprint density at radius 3 is 2.50 bits per heavy atom. The van der Waals surface area contributed by atoms with E-state index in [0.717, 1.165) is 27.5 Å². The largest absolute Gasteiger partial charge is 0.383 e. The van der Waals surface area contributed by atoms with E-state index in [-0.39, 0.29) is 0 Å². The lowest BCUT2D eigenvalue weighted by molar-refractivity contribution is 0.768. The summed E-state index contributed by atoms with van der Waals surface area (Å²) in [5.74, 6) is 0.589. The number of hydrogen-bond acceptors (Lipinski definition) is 3. The highest BCUT2D eigenvalue weighted by Gasteiger charge is 2.05. The minimum atomic E-state index is 0.589. The van der Waals surface area contributed by atoms with Crippen molar-refractivity contribution in [1.82, 2.24) is 14.8 Å². The van der Waals surface area contributed by atoms with Crippen molar-refractivity contribution in [2.45, 2.75) is 20.8 Å². The quantitative estimate of drug-likeness (QED) is 0.734. The number of aryl methyl sites for hydroxylation is 2. The molecule has 20 heavy (non-hydrogen) atoms. The Bertz CT molecular complexity index is 728. The fraction of sp³-hybridized carbons (Fsp3) is 0.250. The molecule has 0 aliphatic carbocycles. The summed E-state index contributed by atoms with van der Waals surface area (Å²) < 4.78 is 1.80. The monoisotopic (exact) mass is 268 g/mol. The van der Waals surface area contributed by atoms with Crippen LogP contribution in [0.15, 0.2) is 36.8 Å². The molecule has 104 valence electrons. The first-order valence-corrected chi connectivity index (χ1v) is 6.79. The first kappa shape index (κ1) is 14.1. The zero-order valence-corrected chi connectivity index (χ0v) is 12.4. The highest BCUT2D eigenvalue weighted by atomic mass is 15.2. The van der Waals surface area contributed by atoms with Crippen LogP contribution < -0.4 is 5.73 Å². The molecule has 1 aromatic carbocycles. The maximum Gasteiger partial charge on any atom is 0.126 e. The second kappa shape index (κ2) is 5.74. The molecule has 0 saturated heterocycles. The van der Waals surface area contributed by atoms with Gasteiger partial charge in [0, 0.05) is 30.4 Å². The third-order valence-electron chi connectivity index (χ3n) is 3.22. The van der Waals surface area contributed by atoms with Gasteiger partial charge in [-0.25, -0.2) is 4.98 Å². The number of rotatable bonds is 1. The number of nitrogens with two attached hydrogens (primary N) is 1.